The number of rotatable bonds is 14. The summed E-state index contributed by atoms with van der Waals surface area (Å²) < 4.78 is 12.3. The van der Waals surface area contributed by atoms with E-state index in [1.807, 2.05) is 97.1 Å². The highest BCUT2D eigenvalue weighted by atomic mass is 16.4. The third-order valence-corrected chi connectivity index (χ3v) is 15.4. The van der Waals surface area contributed by atoms with Gasteiger partial charge in [0.25, 0.3) is 0 Å². The van der Waals surface area contributed by atoms with Gasteiger partial charge in [0.05, 0.1) is 22.4 Å². The van der Waals surface area contributed by atoms with Crippen molar-refractivity contribution in [3.63, 3.8) is 0 Å². The standard InChI is InChI=1S/C76H56N8O2/c1-49-43-50(2)46-59(45-49)67-41-42-68(60-47-51(3)44-52(4)48-60)72-71(67)77-69(53-25-33-63(34-26-53)83(61-21-13-7-14-22-61)65-37-29-57(30-38-65)75-81-79-73(85-75)55-17-9-5-10-18-55)70(78-72)54-27-35-64(36-28-54)84(62-23-15-8-16-24-62)66-39-31-58(32-40-66)76-82-80-74(86-76)56-19-11-6-12-20-56/h5-48H,1-4H3. The maximum Gasteiger partial charge on any atom is 0.248 e. The molecule has 0 aliphatic rings. The lowest BCUT2D eigenvalue weighted by Gasteiger charge is -2.26. The monoisotopic (exact) mass is 1110 g/mol. The average Bonchev–Trinajstić information content (AvgIpc) is 1.20. The van der Waals surface area contributed by atoms with Crippen molar-refractivity contribution in [1.29, 1.82) is 0 Å². The van der Waals surface area contributed by atoms with Crippen LogP contribution >= 0.6 is 0 Å². The largest absolute Gasteiger partial charge is 0.416 e. The molecule has 0 radical (unpaired) electrons. The Bertz CT molecular complexity index is 4360. The summed E-state index contributed by atoms with van der Waals surface area (Å²) in [5.41, 5.74) is 23.2. The van der Waals surface area contributed by atoms with Crippen LogP contribution in [0.2, 0.25) is 0 Å². The Morgan fingerprint density at radius 2 is 0.500 bits per heavy atom. The number of anilines is 6. The molecule has 0 N–H and O–H groups in total. The Hall–Kier alpha value is -11.4. The summed E-state index contributed by atoms with van der Waals surface area (Å²) in [6.07, 6.45) is 0. The first-order chi connectivity index (χ1) is 42.2. The molecule has 0 fully saturated rings. The predicted molar refractivity (Wildman–Crippen MR) is 347 cm³/mol. The van der Waals surface area contributed by atoms with Crippen LogP contribution in [0.25, 0.3) is 102 Å². The van der Waals surface area contributed by atoms with Crippen molar-refractivity contribution in [3.05, 3.63) is 289 Å². The van der Waals surface area contributed by atoms with Gasteiger partial charge in [-0.2, -0.15) is 0 Å². The van der Waals surface area contributed by atoms with Crippen molar-refractivity contribution in [3.8, 4) is 90.6 Å². The van der Waals surface area contributed by atoms with E-state index in [-0.39, 0.29) is 0 Å². The van der Waals surface area contributed by atoms with Gasteiger partial charge < -0.3 is 18.6 Å². The Kier molecular flexibility index (Phi) is 14.0. The first-order valence-corrected chi connectivity index (χ1v) is 28.6. The SMILES string of the molecule is Cc1cc(C)cc(-c2ccc(-c3cc(C)cc(C)c3)c3nc(-c4ccc(N(c5ccccc5)c5ccc(-c6nnc(-c7ccccc7)o6)cc5)cc4)c(-c4ccc(N(c5ccccc5)c5ccc(-c6nnc(-c7ccccc7)o6)cc5)cc4)nc23)c1. The fraction of sp³-hybridized carbons (Fsp3) is 0.0526. The van der Waals surface area contributed by atoms with Gasteiger partial charge in [-0.3, -0.25) is 0 Å². The van der Waals surface area contributed by atoms with E-state index in [0.29, 0.717) is 23.6 Å². The van der Waals surface area contributed by atoms with Crippen LogP contribution in [0.3, 0.4) is 0 Å². The lowest BCUT2D eigenvalue weighted by atomic mass is 9.93. The van der Waals surface area contributed by atoms with E-state index in [1.165, 1.54) is 22.3 Å². The van der Waals surface area contributed by atoms with E-state index in [9.17, 15) is 0 Å². The second kappa shape index (κ2) is 22.8. The molecule has 10 nitrogen and oxygen atoms in total. The van der Waals surface area contributed by atoms with Gasteiger partial charge >= 0.3 is 0 Å². The number of para-hydroxylation sites is 2. The molecule has 412 valence electrons. The van der Waals surface area contributed by atoms with Gasteiger partial charge in [-0.15, -0.1) is 20.4 Å². The van der Waals surface area contributed by atoms with E-state index in [2.05, 4.69) is 228 Å². The average molecular weight is 1110 g/mol. The molecule has 0 amide bonds. The minimum atomic E-state index is 0.453. The van der Waals surface area contributed by atoms with Gasteiger partial charge in [-0.1, -0.05) is 168 Å². The molecule has 11 aromatic carbocycles. The quantitative estimate of drug-likeness (QED) is 0.104. The molecule has 0 unspecified atom stereocenters. The fourth-order valence-corrected chi connectivity index (χ4v) is 11.4. The molecule has 0 saturated carbocycles. The molecule has 0 bridgehead atoms. The van der Waals surface area contributed by atoms with Crippen molar-refractivity contribution in [1.82, 2.24) is 30.4 Å². The molecule has 10 heteroatoms. The van der Waals surface area contributed by atoms with Crippen LogP contribution < -0.4 is 9.80 Å². The van der Waals surface area contributed by atoms with E-state index in [4.69, 9.17) is 18.8 Å². The molecule has 3 heterocycles. The Labute approximate surface area is 499 Å². The van der Waals surface area contributed by atoms with Crippen molar-refractivity contribution in [2.45, 2.75) is 27.7 Å². The van der Waals surface area contributed by atoms with E-state index in [0.717, 1.165) is 112 Å². The third-order valence-electron chi connectivity index (χ3n) is 15.4. The maximum atomic E-state index is 6.16. The van der Waals surface area contributed by atoms with E-state index >= 15 is 0 Å². The first kappa shape index (κ1) is 52.7. The summed E-state index contributed by atoms with van der Waals surface area (Å²) in [4.78, 5) is 16.1. The lowest BCUT2D eigenvalue weighted by Crippen LogP contribution is -2.10. The number of aryl methyl sites for hydroxylation is 4. The normalized spacial score (nSPS) is 11.3. The minimum absolute atomic E-state index is 0.453. The van der Waals surface area contributed by atoms with Crippen LogP contribution in [0, 0.1) is 27.7 Å². The fourth-order valence-electron chi connectivity index (χ4n) is 11.4. The van der Waals surface area contributed by atoms with E-state index in [1.54, 1.807) is 0 Å². The van der Waals surface area contributed by atoms with Crippen LogP contribution in [0.1, 0.15) is 22.3 Å². The maximum absolute atomic E-state index is 6.16. The highest BCUT2D eigenvalue weighted by Gasteiger charge is 2.23. The molecule has 0 atom stereocenters. The van der Waals surface area contributed by atoms with Crippen LogP contribution in [0.5, 0.6) is 0 Å². The molecule has 14 aromatic rings. The summed E-state index contributed by atoms with van der Waals surface area (Å²) in [6.45, 7) is 8.60. The molecule has 86 heavy (non-hydrogen) atoms. The summed E-state index contributed by atoms with van der Waals surface area (Å²) in [6, 6.07) is 92.1. The zero-order chi connectivity index (χ0) is 58.1. The lowest BCUT2D eigenvalue weighted by molar-refractivity contribution is 0.584. The molecular formula is C76H56N8O2. The van der Waals surface area contributed by atoms with Crippen molar-refractivity contribution in [2.75, 3.05) is 9.80 Å². The number of hydrogen-bond acceptors (Lipinski definition) is 10. The molecule has 0 spiro atoms. The molecule has 14 rings (SSSR count). The first-order valence-electron chi connectivity index (χ1n) is 28.6. The number of benzene rings is 11. The Morgan fingerprint density at radius 3 is 0.802 bits per heavy atom. The van der Waals surface area contributed by atoms with Gasteiger partial charge in [-0.05, 0) is 160 Å². The van der Waals surface area contributed by atoms with Gasteiger partial charge in [0.1, 0.15) is 0 Å². The number of fused-ring (bicyclic) bond motifs is 1. The van der Waals surface area contributed by atoms with Gasteiger partial charge in [0.2, 0.25) is 23.6 Å². The molecule has 3 aromatic heterocycles. The zero-order valence-electron chi connectivity index (χ0n) is 47.8. The molecule has 0 aliphatic heterocycles. The smallest absolute Gasteiger partial charge is 0.248 e. The number of hydrogen-bond donors (Lipinski definition) is 0. The zero-order valence-corrected chi connectivity index (χ0v) is 47.8. The molecular weight excluding hydrogens is 1060 g/mol. The molecule has 0 aliphatic carbocycles. The summed E-state index contributed by atoms with van der Waals surface area (Å²) in [5.74, 6) is 1.86. The van der Waals surface area contributed by atoms with Crippen molar-refractivity contribution in [2.24, 2.45) is 0 Å². The van der Waals surface area contributed by atoms with E-state index < -0.39 is 0 Å². The second-order valence-corrected chi connectivity index (χ2v) is 21.6. The predicted octanol–water partition coefficient (Wildman–Crippen LogP) is 19.9. The van der Waals surface area contributed by atoms with Crippen LogP contribution in [-0.2, 0) is 0 Å². The van der Waals surface area contributed by atoms with Crippen LogP contribution in [0.4, 0.5) is 34.1 Å². The highest BCUT2D eigenvalue weighted by Crippen LogP contribution is 2.43. The van der Waals surface area contributed by atoms with Crippen molar-refractivity contribution >= 4 is 45.2 Å². The van der Waals surface area contributed by atoms with Crippen LogP contribution in [-0.4, -0.2) is 30.4 Å². The number of nitrogens with zero attached hydrogens (tertiary/aromatic N) is 8. The summed E-state index contributed by atoms with van der Waals surface area (Å²) >= 11 is 0. The van der Waals surface area contributed by atoms with Crippen molar-refractivity contribution < 1.29 is 8.83 Å². The van der Waals surface area contributed by atoms with Crippen LogP contribution in [0.15, 0.2) is 276 Å². The number of aromatic nitrogens is 6. The highest BCUT2D eigenvalue weighted by molar-refractivity contribution is 6.03. The summed E-state index contributed by atoms with van der Waals surface area (Å²) in [5, 5.41) is 17.5. The summed E-state index contributed by atoms with van der Waals surface area (Å²) in [7, 11) is 0. The third kappa shape index (κ3) is 10.6. The topological polar surface area (TPSA) is 110 Å². The Balaban J connectivity index is 0.888. The minimum Gasteiger partial charge on any atom is -0.416 e. The van der Waals surface area contributed by atoms with Gasteiger partial charge in [0.15, 0.2) is 0 Å². The van der Waals surface area contributed by atoms with Gasteiger partial charge in [0, 0.05) is 78.6 Å². The second-order valence-electron chi connectivity index (χ2n) is 21.6. The Morgan fingerprint density at radius 1 is 0.244 bits per heavy atom. The molecule has 0 saturated heterocycles. The van der Waals surface area contributed by atoms with Gasteiger partial charge in [-0.25, -0.2) is 9.97 Å².